The number of primary amides is 1. The van der Waals surface area contributed by atoms with Gasteiger partial charge in [0.15, 0.2) is 0 Å². The van der Waals surface area contributed by atoms with Gasteiger partial charge in [-0.05, 0) is 37.5 Å². The molecule has 1 aromatic heterocycles. The Labute approximate surface area is 143 Å². The Morgan fingerprint density at radius 2 is 1.83 bits per heavy atom. The summed E-state index contributed by atoms with van der Waals surface area (Å²) < 4.78 is 2.27. The molecule has 0 fully saturated rings. The first-order valence-electron chi connectivity index (χ1n) is 8.28. The molecular formula is C19H25ClN2O. The first-order chi connectivity index (χ1) is 11.0. The van der Waals surface area contributed by atoms with Crippen LogP contribution in [0.3, 0.4) is 0 Å². The number of carbonyl (C=O) groups excluding carboxylic acids is 1. The van der Waals surface area contributed by atoms with E-state index in [1.165, 1.54) is 5.69 Å². The second kappa shape index (κ2) is 7.69. The van der Waals surface area contributed by atoms with Crippen molar-refractivity contribution in [3.63, 3.8) is 0 Å². The average Bonchev–Trinajstić information content (AvgIpc) is 2.79. The zero-order chi connectivity index (χ0) is 17.0. The number of nitrogens with two attached hydrogens (primary N) is 1. The zero-order valence-corrected chi connectivity index (χ0v) is 14.9. The van der Waals surface area contributed by atoms with Crippen molar-refractivity contribution in [2.45, 2.75) is 53.0 Å². The summed E-state index contributed by atoms with van der Waals surface area (Å²) in [5.74, 6) is -0.361. The maximum absolute atomic E-state index is 12.1. The Balaban J connectivity index is 2.70. The highest BCUT2D eigenvalue weighted by Crippen LogP contribution is 2.34. The van der Waals surface area contributed by atoms with Crippen molar-refractivity contribution in [1.82, 2.24) is 4.57 Å². The molecule has 0 spiro atoms. The van der Waals surface area contributed by atoms with Crippen molar-refractivity contribution >= 4 is 17.5 Å². The quantitative estimate of drug-likeness (QED) is 0.764. The molecule has 2 rings (SSSR count). The first-order valence-corrected chi connectivity index (χ1v) is 8.66. The van der Waals surface area contributed by atoms with Crippen LogP contribution in [-0.2, 0) is 13.0 Å². The standard InChI is InChI=1S/C19H25ClN2O/c1-4-6-12-22-13(3)17(19(21)23)18(16(22)7-5-2)14-8-10-15(20)11-9-14/h8-11H,4-7,12H2,1-3H3,(H2,21,23). The maximum atomic E-state index is 12.1. The molecule has 0 saturated heterocycles. The van der Waals surface area contributed by atoms with E-state index in [1.807, 2.05) is 31.2 Å². The van der Waals surface area contributed by atoms with E-state index in [1.54, 1.807) is 0 Å². The molecule has 0 bridgehead atoms. The van der Waals surface area contributed by atoms with Crippen LogP contribution < -0.4 is 5.73 Å². The van der Waals surface area contributed by atoms with Crippen LogP contribution in [0.4, 0.5) is 0 Å². The molecule has 4 heteroatoms. The van der Waals surface area contributed by atoms with E-state index in [0.717, 1.165) is 49.0 Å². The predicted molar refractivity (Wildman–Crippen MR) is 97.0 cm³/mol. The summed E-state index contributed by atoms with van der Waals surface area (Å²) in [6, 6.07) is 7.64. The van der Waals surface area contributed by atoms with Gasteiger partial charge in [-0.15, -0.1) is 0 Å². The van der Waals surface area contributed by atoms with Crippen LogP contribution in [0.2, 0.25) is 5.02 Å². The SMILES string of the molecule is CCCCn1c(C)c(C(N)=O)c(-c2ccc(Cl)cc2)c1CCC. The van der Waals surface area contributed by atoms with Gasteiger partial charge in [-0.2, -0.15) is 0 Å². The summed E-state index contributed by atoms with van der Waals surface area (Å²) in [5.41, 5.74) is 10.5. The number of unbranched alkanes of at least 4 members (excludes halogenated alkanes) is 1. The summed E-state index contributed by atoms with van der Waals surface area (Å²) in [6.07, 6.45) is 4.15. The van der Waals surface area contributed by atoms with Crippen LogP contribution in [-0.4, -0.2) is 10.5 Å². The monoisotopic (exact) mass is 332 g/mol. The number of nitrogens with zero attached hydrogens (tertiary/aromatic N) is 1. The van der Waals surface area contributed by atoms with Crippen molar-refractivity contribution < 1.29 is 4.79 Å². The Hall–Kier alpha value is -1.74. The van der Waals surface area contributed by atoms with Gasteiger partial charge < -0.3 is 10.3 Å². The average molecular weight is 333 g/mol. The minimum Gasteiger partial charge on any atom is -0.366 e. The van der Waals surface area contributed by atoms with Gasteiger partial charge in [0.25, 0.3) is 5.91 Å². The summed E-state index contributed by atoms with van der Waals surface area (Å²) in [4.78, 5) is 12.1. The van der Waals surface area contributed by atoms with E-state index in [0.29, 0.717) is 10.6 Å². The Morgan fingerprint density at radius 3 is 2.35 bits per heavy atom. The van der Waals surface area contributed by atoms with Gasteiger partial charge in [0, 0.05) is 28.5 Å². The smallest absolute Gasteiger partial charge is 0.251 e. The van der Waals surface area contributed by atoms with Gasteiger partial charge in [-0.3, -0.25) is 4.79 Å². The predicted octanol–water partition coefficient (Wildman–Crippen LogP) is 4.97. The van der Waals surface area contributed by atoms with Crippen molar-refractivity contribution in [2.75, 3.05) is 0 Å². The lowest BCUT2D eigenvalue weighted by molar-refractivity contribution is 0.1000. The Bertz CT molecular complexity index is 686. The maximum Gasteiger partial charge on any atom is 0.251 e. The lowest BCUT2D eigenvalue weighted by Crippen LogP contribution is -2.13. The number of benzene rings is 1. The second-order valence-electron chi connectivity index (χ2n) is 5.91. The number of aromatic nitrogens is 1. The van der Waals surface area contributed by atoms with Crippen molar-refractivity contribution in [2.24, 2.45) is 5.73 Å². The largest absolute Gasteiger partial charge is 0.366 e. The van der Waals surface area contributed by atoms with Crippen LogP contribution in [0.15, 0.2) is 24.3 Å². The van der Waals surface area contributed by atoms with Gasteiger partial charge >= 0.3 is 0 Å². The molecule has 1 heterocycles. The minimum atomic E-state index is -0.361. The Morgan fingerprint density at radius 1 is 1.17 bits per heavy atom. The third-order valence-corrected chi connectivity index (χ3v) is 4.48. The van der Waals surface area contributed by atoms with E-state index in [-0.39, 0.29) is 5.91 Å². The Kier molecular flexibility index (Phi) is 5.89. The van der Waals surface area contributed by atoms with Crippen molar-refractivity contribution in [3.05, 3.63) is 46.2 Å². The number of hydrogen-bond acceptors (Lipinski definition) is 1. The van der Waals surface area contributed by atoms with Gasteiger partial charge in [-0.25, -0.2) is 0 Å². The fourth-order valence-corrected chi connectivity index (χ4v) is 3.27. The number of amides is 1. The van der Waals surface area contributed by atoms with Gasteiger partial charge in [-0.1, -0.05) is 50.4 Å². The molecule has 1 aromatic carbocycles. The summed E-state index contributed by atoms with van der Waals surface area (Å²) in [6.45, 7) is 7.25. The van der Waals surface area contributed by atoms with Crippen molar-refractivity contribution in [3.8, 4) is 11.1 Å². The molecule has 0 aliphatic rings. The topological polar surface area (TPSA) is 48.0 Å². The molecule has 2 aromatic rings. The highest BCUT2D eigenvalue weighted by atomic mass is 35.5. The molecule has 0 saturated carbocycles. The normalized spacial score (nSPS) is 11.0. The zero-order valence-electron chi connectivity index (χ0n) is 14.2. The fraction of sp³-hybridized carbons (Fsp3) is 0.421. The number of rotatable bonds is 7. The van der Waals surface area contributed by atoms with E-state index in [2.05, 4.69) is 18.4 Å². The third kappa shape index (κ3) is 3.61. The number of carbonyl (C=O) groups is 1. The molecule has 124 valence electrons. The molecular weight excluding hydrogens is 308 g/mol. The van der Waals surface area contributed by atoms with Crippen LogP contribution >= 0.6 is 11.6 Å². The summed E-state index contributed by atoms with van der Waals surface area (Å²) >= 11 is 6.01. The molecule has 0 unspecified atom stereocenters. The van der Waals surface area contributed by atoms with E-state index < -0.39 is 0 Å². The van der Waals surface area contributed by atoms with Crippen LogP contribution in [0, 0.1) is 6.92 Å². The minimum absolute atomic E-state index is 0.361. The first kappa shape index (κ1) is 17.6. The van der Waals surface area contributed by atoms with Crippen LogP contribution in [0.25, 0.3) is 11.1 Å². The summed E-state index contributed by atoms with van der Waals surface area (Å²) in [7, 11) is 0. The molecule has 0 radical (unpaired) electrons. The van der Waals surface area contributed by atoms with Gasteiger partial charge in [0.2, 0.25) is 0 Å². The lowest BCUT2D eigenvalue weighted by atomic mass is 9.98. The number of hydrogen-bond donors (Lipinski definition) is 1. The number of halogens is 1. The van der Waals surface area contributed by atoms with E-state index in [9.17, 15) is 4.79 Å². The second-order valence-corrected chi connectivity index (χ2v) is 6.34. The van der Waals surface area contributed by atoms with Crippen LogP contribution in [0.1, 0.15) is 54.9 Å². The molecule has 0 atom stereocenters. The van der Waals surface area contributed by atoms with Crippen molar-refractivity contribution in [1.29, 1.82) is 0 Å². The van der Waals surface area contributed by atoms with Gasteiger partial charge in [0.1, 0.15) is 0 Å². The molecule has 0 aliphatic carbocycles. The lowest BCUT2D eigenvalue weighted by Gasteiger charge is -2.12. The molecule has 2 N–H and O–H groups in total. The van der Waals surface area contributed by atoms with E-state index >= 15 is 0 Å². The van der Waals surface area contributed by atoms with Gasteiger partial charge in [0.05, 0.1) is 5.56 Å². The van der Waals surface area contributed by atoms with Crippen LogP contribution in [0.5, 0.6) is 0 Å². The van der Waals surface area contributed by atoms with E-state index in [4.69, 9.17) is 17.3 Å². The molecule has 23 heavy (non-hydrogen) atoms. The fourth-order valence-electron chi connectivity index (χ4n) is 3.14. The highest BCUT2D eigenvalue weighted by Gasteiger charge is 2.23. The molecule has 3 nitrogen and oxygen atoms in total. The molecule has 0 aliphatic heterocycles. The molecule has 1 amide bonds. The third-order valence-electron chi connectivity index (χ3n) is 4.23. The highest BCUT2D eigenvalue weighted by molar-refractivity contribution is 6.30. The summed E-state index contributed by atoms with van der Waals surface area (Å²) in [5, 5.41) is 0.688.